The lowest BCUT2D eigenvalue weighted by Crippen LogP contribution is -1.89. The summed E-state index contributed by atoms with van der Waals surface area (Å²) in [5, 5.41) is 0. The topological polar surface area (TPSA) is 17.1 Å². The van der Waals surface area contributed by atoms with Crippen LogP contribution in [0.2, 0.25) is 0 Å². The standard InChI is InChI=1S/C9H7BrO.C2H6/c10-7-2-3-8-6(5-7)1-4-9(8)11;1-2/h2-3,5H,1,4H2;1-2H3. The summed E-state index contributed by atoms with van der Waals surface area (Å²) in [6.45, 7) is 4.00. The zero-order valence-electron chi connectivity index (χ0n) is 7.93. The lowest BCUT2D eigenvalue weighted by atomic mass is 10.1. The van der Waals surface area contributed by atoms with Gasteiger partial charge in [-0.1, -0.05) is 35.8 Å². The van der Waals surface area contributed by atoms with Gasteiger partial charge in [0.15, 0.2) is 5.78 Å². The van der Waals surface area contributed by atoms with Crippen LogP contribution < -0.4 is 0 Å². The van der Waals surface area contributed by atoms with Gasteiger partial charge in [0.1, 0.15) is 0 Å². The predicted molar refractivity (Wildman–Crippen MR) is 58.1 cm³/mol. The molecule has 0 atom stereocenters. The van der Waals surface area contributed by atoms with E-state index in [0.717, 1.165) is 16.5 Å². The Morgan fingerprint density at radius 1 is 1.23 bits per heavy atom. The van der Waals surface area contributed by atoms with Gasteiger partial charge in [0.05, 0.1) is 0 Å². The van der Waals surface area contributed by atoms with E-state index in [2.05, 4.69) is 15.9 Å². The molecule has 13 heavy (non-hydrogen) atoms. The predicted octanol–water partition coefficient (Wildman–Crippen LogP) is 3.60. The Hall–Kier alpha value is -0.630. The van der Waals surface area contributed by atoms with E-state index in [-0.39, 0.29) is 5.78 Å². The van der Waals surface area contributed by atoms with E-state index >= 15 is 0 Å². The highest BCUT2D eigenvalue weighted by Gasteiger charge is 2.18. The lowest BCUT2D eigenvalue weighted by Gasteiger charge is -1.96. The van der Waals surface area contributed by atoms with Gasteiger partial charge in [-0.3, -0.25) is 4.79 Å². The molecule has 2 heteroatoms. The smallest absolute Gasteiger partial charge is 0.163 e. The van der Waals surface area contributed by atoms with E-state index < -0.39 is 0 Å². The molecule has 0 N–H and O–H groups in total. The molecule has 0 saturated heterocycles. The molecular weight excluding hydrogens is 228 g/mol. The van der Waals surface area contributed by atoms with Crippen LogP contribution in [0.3, 0.4) is 0 Å². The molecule has 1 aliphatic rings. The van der Waals surface area contributed by atoms with Crippen LogP contribution in [0.1, 0.15) is 36.2 Å². The van der Waals surface area contributed by atoms with Gasteiger partial charge < -0.3 is 0 Å². The monoisotopic (exact) mass is 240 g/mol. The first-order valence-corrected chi connectivity index (χ1v) is 5.38. The maximum absolute atomic E-state index is 11.2. The van der Waals surface area contributed by atoms with Crippen molar-refractivity contribution in [2.45, 2.75) is 26.7 Å². The molecule has 0 aliphatic heterocycles. The number of Topliss-reactive ketones (excluding diaryl/α,β-unsaturated/α-hetero) is 1. The van der Waals surface area contributed by atoms with Crippen molar-refractivity contribution in [1.29, 1.82) is 0 Å². The molecule has 0 fully saturated rings. The summed E-state index contributed by atoms with van der Waals surface area (Å²) < 4.78 is 1.06. The van der Waals surface area contributed by atoms with Crippen molar-refractivity contribution < 1.29 is 4.79 Å². The summed E-state index contributed by atoms with van der Waals surface area (Å²) in [6, 6.07) is 5.84. The minimum Gasteiger partial charge on any atom is -0.294 e. The Kier molecular flexibility index (Phi) is 3.67. The first-order chi connectivity index (χ1) is 6.27. The van der Waals surface area contributed by atoms with Gasteiger partial charge in [0.25, 0.3) is 0 Å². The van der Waals surface area contributed by atoms with Crippen LogP contribution in [-0.4, -0.2) is 5.78 Å². The highest BCUT2D eigenvalue weighted by molar-refractivity contribution is 9.10. The summed E-state index contributed by atoms with van der Waals surface area (Å²) >= 11 is 3.37. The quantitative estimate of drug-likeness (QED) is 0.678. The number of hydrogen-bond acceptors (Lipinski definition) is 1. The number of aryl methyl sites for hydroxylation is 1. The van der Waals surface area contributed by atoms with Crippen molar-refractivity contribution in [2.75, 3.05) is 0 Å². The Morgan fingerprint density at radius 2 is 1.92 bits per heavy atom. The molecule has 0 aromatic heterocycles. The van der Waals surface area contributed by atoms with Crippen molar-refractivity contribution in [3.05, 3.63) is 33.8 Å². The molecule has 0 bridgehead atoms. The second-order valence-corrected chi connectivity index (χ2v) is 3.64. The molecule has 2 rings (SSSR count). The Bertz CT molecular complexity index is 318. The molecule has 0 spiro atoms. The third-order valence-electron chi connectivity index (χ3n) is 1.99. The fraction of sp³-hybridized carbons (Fsp3) is 0.364. The molecule has 70 valence electrons. The largest absolute Gasteiger partial charge is 0.294 e. The van der Waals surface area contributed by atoms with Gasteiger partial charge in [-0.25, -0.2) is 0 Å². The van der Waals surface area contributed by atoms with Crippen LogP contribution >= 0.6 is 15.9 Å². The van der Waals surface area contributed by atoms with Crippen LogP contribution in [-0.2, 0) is 6.42 Å². The second-order valence-electron chi connectivity index (χ2n) is 2.72. The second kappa shape index (κ2) is 4.56. The van der Waals surface area contributed by atoms with Gasteiger partial charge in [0.2, 0.25) is 0 Å². The number of halogens is 1. The molecule has 1 aromatic carbocycles. The molecule has 0 saturated carbocycles. The third kappa shape index (κ3) is 2.19. The molecule has 0 amide bonds. The Balaban J connectivity index is 0.000000396. The Morgan fingerprint density at radius 3 is 2.62 bits per heavy atom. The summed E-state index contributed by atoms with van der Waals surface area (Å²) in [4.78, 5) is 11.2. The number of ketones is 1. The van der Waals surface area contributed by atoms with Crippen molar-refractivity contribution in [2.24, 2.45) is 0 Å². The fourth-order valence-electron chi connectivity index (χ4n) is 1.42. The van der Waals surface area contributed by atoms with E-state index in [1.165, 1.54) is 5.56 Å². The highest BCUT2D eigenvalue weighted by atomic mass is 79.9. The van der Waals surface area contributed by atoms with Crippen LogP contribution in [0.15, 0.2) is 22.7 Å². The Labute approximate surface area is 87.3 Å². The number of hydrogen-bond donors (Lipinski definition) is 0. The van der Waals surface area contributed by atoms with Gasteiger partial charge in [0, 0.05) is 16.5 Å². The van der Waals surface area contributed by atoms with E-state index in [0.29, 0.717) is 6.42 Å². The van der Waals surface area contributed by atoms with Crippen LogP contribution in [0.25, 0.3) is 0 Å². The van der Waals surface area contributed by atoms with Crippen molar-refractivity contribution in [3.8, 4) is 0 Å². The average molecular weight is 241 g/mol. The summed E-state index contributed by atoms with van der Waals surface area (Å²) in [5.74, 6) is 0.285. The maximum atomic E-state index is 11.2. The van der Waals surface area contributed by atoms with E-state index in [1.54, 1.807) is 0 Å². The average Bonchev–Trinajstić information content (AvgIpc) is 2.51. The third-order valence-corrected chi connectivity index (χ3v) is 2.48. The first kappa shape index (κ1) is 10.5. The zero-order chi connectivity index (χ0) is 9.84. The van der Waals surface area contributed by atoms with Crippen LogP contribution in [0, 0.1) is 0 Å². The number of rotatable bonds is 0. The van der Waals surface area contributed by atoms with E-state index in [4.69, 9.17) is 0 Å². The van der Waals surface area contributed by atoms with Crippen LogP contribution in [0.4, 0.5) is 0 Å². The van der Waals surface area contributed by atoms with Crippen molar-refractivity contribution in [1.82, 2.24) is 0 Å². The normalized spacial score (nSPS) is 13.3. The molecule has 0 radical (unpaired) electrons. The molecule has 1 aromatic rings. The number of carbonyl (C=O) groups is 1. The highest BCUT2D eigenvalue weighted by Crippen LogP contribution is 2.24. The summed E-state index contributed by atoms with van der Waals surface area (Å²) in [5.41, 5.74) is 2.09. The minimum absolute atomic E-state index is 0.285. The molecule has 0 unspecified atom stereocenters. The van der Waals surface area contributed by atoms with E-state index in [9.17, 15) is 4.79 Å². The lowest BCUT2D eigenvalue weighted by molar-refractivity contribution is 0.0994. The van der Waals surface area contributed by atoms with Crippen molar-refractivity contribution >= 4 is 21.7 Å². The van der Waals surface area contributed by atoms with Gasteiger partial charge in [-0.05, 0) is 24.1 Å². The van der Waals surface area contributed by atoms with Gasteiger partial charge in [-0.15, -0.1) is 0 Å². The zero-order valence-corrected chi connectivity index (χ0v) is 9.52. The minimum atomic E-state index is 0.285. The number of carbonyl (C=O) groups excluding carboxylic acids is 1. The summed E-state index contributed by atoms with van der Waals surface area (Å²) in [6.07, 6.45) is 1.60. The molecule has 1 aliphatic carbocycles. The molecule has 1 nitrogen and oxygen atoms in total. The van der Waals surface area contributed by atoms with Crippen molar-refractivity contribution in [3.63, 3.8) is 0 Å². The number of benzene rings is 1. The molecular formula is C11H13BrO. The van der Waals surface area contributed by atoms with Gasteiger partial charge in [-0.2, -0.15) is 0 Å². The fourth-order valence-corrected chi connectivity index (χ4v) is 1.83. The molecule has 0 heterocycles. The first-order valence-electron chi connectivity index (χ1n) is 4.59. The maximum Gasteiger partial charge on any atom is 0.163 e. The number of fused-ring (bicyclic) bond motifs is 1. The van der Waals surface area contributed by atoms with Crippen LogP contribution in [0.5, 0.6) is 0 Å². The SMILES string of the molecule is CC.O=C1CCc2cc(Br)ccc21. The van der Waals surface area contributed by atoms with Gasteiger partial charge >= 0.3 is 0 Å². The van der Waals surface area contributed by atoms with E-state index in [1.807, 2.05) is 32.0 Å². The summed E-state index contributed by atoms with van der Waals surface area (Å²) in [7, 11) is 0.